The third-order valence-electron chi connectivity index (χ3n) is 4.34. The van der Waals surface area contributed by atoms with E-state index in [4.69, 9.17) is 4.74 Å². The van der Waals surface area contributed by atoms with Crippen molar-refractivity contribution >= 4 is 0 Å². The van der Waals surface area contributed by atoms with Crippen LogP contribution >= 0.6 is 0 Å². The van der Waals surface area contributed by atoms with E-state index in [-0.39, 0.29) is 0 Å². The summed E-state index contributed by atoms with van der Waals surface area (Å²) in [5.41, 5.74) is 1.82. The van der Waals surface area contributed by atoms with Crippen molar-refractivity contribution in [2.45, 2.75) is 51.7 Å². The normalized spacial score (nSPS) is 21.2. The maximum Gasteiger partial charge on any atom is 0.0665 e. The molecule has 1 fully saturated rings. The molecule has 0 aromatic heterocycles. The zero-order valence-electron chi connectivity index (χ0n) is 12.5. The maximum absolute atomic E-state index is 6.12. The molecule has 1 aliphatic carbocycles. The van der Waals surface area contributed by atoms with Gasteiger partial charge in [0.1, 0.15) is 0 Å². The molecule has 106 valence electrons. The van der Waals surface area contributed by atoms with Crippen LogP contribution in [0.5, 0.6) is 0 Å². The first-order valence-corrected chi connectivity index (χ1v) is 7.44. The molecule has 1 N–H and O–H groups in total. The molecule has 2 nitrogen and oxygen atoms in total. The summed E-state index contributed by atoms with van der Waals surface area (Å²) < 4.78 is 6.12. The molecule has 19 heavy (non-hydrogen) atoms. The van der Waals surface area contributed by atoms with Gasteiger partial charge in [0.2, 0.25) is 0 Å². The Bertz CT molecular complexity index is 364. The fourth-order valence-electron chi connectivity index (χ4n) is 2.80. The van der Waals surface area contributed by atoms with Crippen LogP contribution in [-0.2, 0) is 4.74 Å². The van der Waals surface area contributed by atoms with Gasteiger partial charge in [-0.2, -0.15) is 0 Å². The predicted molar refractivity (Wildman–Crippen MR) is 80.2 cm³/mol. The first-order valence-electron chi connectivity index (χ1n) is 7.44. The molecule has 0 bridgehead atoms. The van der Waals surface area contributed by atoms with E-state index in [1.165, 1.54) is 31.2 Å². The second kappa shape index (κ2) is 6.53. The smallest absolute Gasteiger partial charge is 0.0665 e. The van der Waals surface area contributed by atoms with Crippen molar-refractivity contribution in [1.29, 1.82) is 0 Å². The molecular weight excluding hydrogens is 234 g/mol. The third kappa shape index (κ3) is 4.32. The van der Waals surface area contributed by atoms with E-state index >= 15 is 0 Å². The van der Waals surface area contributed by atoms with Crippen molar-refractivity contribution in [3.05, 3.63) is 35.9 Å². The Morgan fingerprint density at radius 3 is 2.42 bits per heavy atom. The Morgan fingerprint density at radius 2 is 1.84 bits per heavy atom. The van der Waals surface area contributed by atoms with Crippen LogP contribution < -0.4 is 5.32 Å². The van der Waals surface area contributed by atoms with Crippen molar-refractivity contribution in [1.82, 2.24) is 5.32 Å². The summed E-state index contributed by atoms with van der Waals surface area (Å²) >= 11 is 0. The summed E-state index contributed by atoms with van der Waals surface area (Å²) in [5.74, 6) is 0. The van der Waals surface area contributed by atoms with Gasteiger partial charge in [-0.3, -0.25) is 0 Å². The number of rotatable bonds is 5. The van der Waals surface area contributed by atoms with E-state index in [0.717, 1.165) is 6.61 Å². The summed E-state index contributed by atoms with van der Waals surface area (Å²) in [5, 5.41) is 3.35. The molecular formula is C17H27NO. The highest BCUT2D eigenvalue weighted by Gasteiger charge is 2.27. The lowest BCUT2D eigenvalue weighted by Gasteiger charge is -2.34. The highest BCUT2D eigenvalue weighted by atomic mass is 16.5. The molecule has 2 rings (SSSR count). The van der Waals surface area contributed by atoms with Gasteiger partial charge >= 0.3 is 0 Å². The average molecular weight is 261 g/mol. The van der Waals surface area contributed by atoms with Crippen LogP contribution in [0.25, 0.3) is 0 Å². The quantitative estimate of drug-likeness (QED) is 0.867. The first kappa shape index (κ1) is 14.5. The minimum atomic E-state index is 0.302. The summed E-state index contributed by atoms with van der Waals surface area (Å²) in [6.45, 7) is 5.50. The summed E-state index contributed by atoms with van der Waals surface area (Å²) in [4.78, 5) is 0. The molecule has 2 heteroatoms. The van der Waals surface area contributed by atoms with Crippen LogP contribution in [0.3, 0.4) is 0 Å². The lowest BCUT2D eigenvalue weighted by atomic mass is 9.76. The van der Waals surface area contributed by atoms with Gasteiger partial charge in [0.15, 0.2) is 0 Å². The summed E-state index contributed by atoms with van der Waals surface area (Å²) in [6, 6.07) is 10.9. The largest absolute Gasteiger partial charge is 0.376 e. The van der Waals surface area contributed by atoms with Crippen LogP contribution in [0, 0.1) is 5.41 Å². The minimum Gasteiger partial charge on any atom is -0.376 e. The second-order valence-corrected chi connectivity index (χ2v) is 6.45. The number of hydrogen-bond donors (Lipinski definition) is 1. The molecule has 1 aromatic rings. The molecule has 1 saturated carbocycles. The Balaban J connectivity index is 1.81. The highest BCUT2D eigenvalue weighted by molar-refractivity contribution is 5.18. The molecule has 0 saturated heterocycles. The van der Waals surface area contributed by atoms with Crippen LogP contribution in [-0.4, -0.2) is 19.8 Å². The number of likely N-dealkylation sites (N-methyl/N-ethyl adjacent to an activating group) is 1. The lowest BCUT2D eigenvalue weighted by Crippen LogP contribution is -2.30. The molecule has 0 amide bonds. The van der Waals surface area contributed by atoms with E-state index in [9.17, 15) is 0 Å². The average Bonchev–Trinajstić information content (AvgIpc) is 2.42. The van der Waals surface area contributed by atoms with Crippen molar-refractivity contribution in [2.75, 3.05) is 13.7 Å². The molecule has 0 heterocycles. The van der Waals surface area contributed by atoms with Crippen molar-refractivity contribution < 1.29 is 4.74 Å². The maximum atomic E-state index is 6.12. The molecule has 1 aliphatic rings. The molecule has 1 atom stereocenters. The summed E-state index contributed by atoms with van der Waals surface area (Å²) in [6.07, 6.45) is 5.43. The highest BCUT2D eigenvalue weighted by Crippen LogP contribution is 2.36. The van der Waals surface area contributed by atoms with E-state index in [2.05, 4.69) is 49.5 Å². The van der Waals surface area contributed by atoms with Crippen molar-refractivity contribution in [2.24, 2.45) is 5.41 Å². The van der Waals surface area contributed by atoms with Gasteiger partial charge in [-0.05, 0) is 43.7 Å². The lowest BCUT2D eigenvalue weighted by molar-refractivity contribution is -0.00504. The second-order valence-electron chi connectivity index (χ2n) is 6.45. The summed E-state index contributed by atoms with van der Waals surface area (Å²) in [7, 11) is 2.00. The first-order chi connectivity index (χ1) is 9.11. The number of hydrogen-bond acceptors (Lipinski definition) is 2. The molecule has 0 aliphatic heterocycles. The predicted octanol–water partition coefficient (Wildman–Crippen LogP) is 3.93. The van der Waals surface area contributed by atoms with E-state index < -0.39 is 0 Å². The van der Waals surface area contributed by atoms with Gasteiger partial charge in [0.05, 0.1) is 18.8 Å². The molecule has 0 radical (unpaired) electrons. The van der Waals surface area contributed by atoms with E-state index in [1.807, 2.05) is 7.05 Å². The third-order valence-corrected chi connectivity index (χ3v) is 4.34. The minimum absolute atomic E-state index is 0.302. The topological polar surface area (TPSA) is 21.3 Å². The number of ether oxygens (including phenoxy) is 1. The zero-order valence-corrected chi connectivity index (χ0v) is 12.5. The monoisotopic (exact) mass is 261 g/mol. The Labute approximate surface area is 117 Å². The van der Waals surface area contributed by atoms with Crippen molar-refractivity contribution in [3.8, 4) is 0 Å². The van der Waals surface area contributed by atoms with Crippen LogP contribution in [0.1, 0.15) is 51.1 Å². The molecule has 0 spiro atoms. The van der Waals surface area contributed by atoms with Gasteiger partial charge in [0.25, 0.3) is 0 Å². The Hall–Kier alpha value is -0.860. The van der Waals surface area contributed by atoms with Gasteiger partial charge in [-0.15, -0.1) is 0 Å². The fraction of sp³-hybridized carbons (Fsp3) is 0.647. The fourth-order valence-corrected chi connectivity index (χ4v) is 2.80. The SMILES string of the molecule is CNC(COC1CCC(C)(C)CC1)c1ccccc1. The van der Waals surface area contributed by atoms with Gasteiger partial charge in [0, 0.05) is 0 Å². The van der Waals surface area contributed by atoms with Crippen LogP contribution in [0.4, 0.5) is 0 Å². The van der Waals surface area contributed by atoms with Crippen LogP contribution in [0.2, 0.25) is 0 Å². The Morgan fingerprint density at radius 1 is 1.21 bits per heavy atom. The van der Waals surface area contributed by atoms with Gasteiger partial charge in [-0.1, -0.05) is 44.2 Å². The molecule has 1 unspecified atom stereocenters. The van der Waals surface area contributed by atoms with E-state index in [1.54, 1.807) is 0 Å². The van der Waals surface area contributed by atoms with Crippen LogP contribution in [0.15, 0.2) is 30.3 Å². The van der Waals surface area contributed by atoms with Gasteiger partial charge < -0.3 is 10.1 Å². The Kier molecular flexibility index (Phi) is 5.00. The standard InChI is InChI=1S/C17H27NO/c1-17(2)11-9-15(10-12-17)19-13-16(18-3)14-7-5-4-6-8-14/h4-8,15-16,18H,9-13H2,1-3H3. The van der Waals surface area contributed by atoms with E-state index in [0.29, 0.717) is 17.6 Å². The zero-order chi connectivity index (χ0) is 13.7. The van der Waals surface area contributed by atoms with Gasteiger partial charge in [-0.25, -0.2) is 0 Å². The number of benzene rings is 1. The number of nitrogens with one attached hydrogen (secondary N) is 1. The molecule has 1 aromatic carbocycles. The van der Waals surface area contributed by atoms with Crippen molar-refractivity contribution in [3.63, 3.8) is 0 Å².